The minimum absolute atomic E-state index is 0.285. The van der Waals surface area contributed by atoms with Crippen molar-refractivity contribution < 1.29 is 5.11 Å². The number of phenols is 1. The third kappa shape index (κ3) is 6.92. The topological polar surface area (TPSA) is 20.2 Å². The highest BCUT2D eigenvalue weighted by Crippen LogP contribution is 2.21. The van der Waals surface area contributed by atoms with Gasteiger partial charge in [0.2, 0.25) is 0 Å². The van der Waals surface area contributed by atoms with E-state index < -0.39 is 0 Å². The van der Waals surface area contributed by atoms with Gasteiger partial charge in [-0.2, -0.15) is 0 Å². The van der Waals surface area contributed by atoms with Gasteiger partial charge in [-0.1, -0.05) is 60.7 Å². The van der Waals surface area contributed by atoms with Crippen molar-refractivity contribution >= 4 is 15.9 Å². The molecule has 2 heteroatoms. The molecule has 0 atom stereocenters. The van der Waals surface area contributed by atoms with Crippen LogP contribution in [0.25, 0.3) is 0 Å². The van der Waals surface area contributed by atoms with Crippen molar-refractivity contribution in [3.05, 3.63) is 77.3 Å². The lowest BCUT2D eigenvalue weighted by molar-refractivity contribution is 0.472. The molecule has 2 aliphatic rings. The molecule has 0 heterocycles. The van der Waals surface area contributed by atoms with Gasteiger partial charge >= 0.3 is 0 Å². The van der Waals surface area contributed by atoms with Crippen LogP contribution in [0.1, 0.15) is 12.8 Å². The van der Waals surface area contributed by atoms with E-state index in [-0.39, 0.29) is 5.75 Å². The van der Waals surface area contributed by atoms with Crippen molar-refractivity contribution in [1.82, 2.24) is 0 Å². The molecule has 1 aromatic rings. The summed E-state index contributed by atoms with van der Waals surface area (Å²) in [5.41, 5.74) is 0. The van der Waals surface area contributed by atoms with Gasteiger partial charge in [-0.05, 0) is 40.9 Å². The summed E-state index contributed by atoms with van der Waals surface area (Å²) >= 11 is 3.15. The summed E-state index contributed by atoms with van der Waals surface area (Å²) < 4.78 is 0.736. The quantitative estimate of drug-likeness (QED) is 0.702. The average Bonchev–Trinajstić information content (AvgIpc) is 3.11. The molecule has 0 unspecified atom stereocenters. The summed E-state index contributed by atoms with van der Waals surface area (Å²) in [7, 11) is 0. The summed E-state index contributed by atoms with van der Waals surface area (Å²) in [6.45, 7) is 0. The molecule has 1 aromatic carbocycles. The fourth-order valence-corrected chi connectivity index (χ4v) is 1.52. The van der Waals surface area contributed by atoms with Crippen LogP contribution in [0.3, 0.4) is 0 Å². The van der Waals surface area contributed by atoms with Crippen molar-refractivity contribution in [3.8, 4) is 5.75 Å². The minimum Gasteiger partial charge on any atom is -0.507 e. The molecule has 0 saturated carbocycles. The van der Waals surface area contributed by atoms with Crippen LogP contribution >= 0.6 is 15.9 Å². The molecule has 0 saturated heterocycles. The van der Waals surface area contributed by atoms with Crippen LogP contribution in [0.15, 0.2) is 77.3 Å². The van der Waals surface area contributed by atoms with Gasteiger partial charge in [0.05, 0.1) is 4.47 Å². The predicted octanol–water partition coefficient (Wildman–Crippen LogP) is 5.16. The van der Waals surface area contributed by atoms with Crippen LogP contribution in [-0.4, -0.2) is 5.11 Å². The minimum atomic E-state index is 0.285. The van der Waals surface area contributed by atoms with E-state index in [0.717, 1.165) is 17.3 Å². The second-order valence-corrected chi connectivity index (χ2v) is 4.49. The Labute approximate surface area is 117 Å². The Hall–Kier alpha value is -1.54. The molecule has 0 aliphatic heterocycles. The summed E-state index contributed by atoms with van der Waals surface area (Å²) in [6.07, 6.45) is 19.0. The molecule has 18 heavy (non-hydrogen) atoms. The van der Waals surface area contributed by atoms with Crippen molar-refractivity contribution in [1.29, 1.82) is 0 Å². The van der Waals surface area contributed by atoms with Gasteiger partial charge in [-0.25, -0.2) is 0 Å². The van der Waals surface area contributed by atoms with Crippen LogP contribution in [0, 0.1) is 0 Å². The first kappa shape index (κ1) is 14.5. The van der Waals surface area contributed by atoms with E-state index in [1.165, 1.54) is 0 Å². The molecule has 94 valence electrons. The molecule has 0 radical (unpaired) electrons. The van der Waals surface area contributed by atoms with E-state index in [0.29, 0.717) is 0 Å². The smallest absolute Gasteiger partial charge is 0.129 e. The lowest BCUT2D eigenvalue weighted by atomic mass is 10.3. The third-order valence-corrected chi connectivity index (χ3v) is 2.83. The van der Waals surface area contributed by atoms with Crippen molar-refractivity contribution in [2.24, 2.45) is 0 Å². The molecular weight excluding hydrogens is 288 g/mol. The number of allylic oxidation sites excluding steroid dienone is 8. The zero-order chi connectivity index (χ0) is 13.1. The predicted molar refractivity (Wildman–Crippen MR) is 81.6 cm³/mol. The summed E-state index contributed by atoms with van der Waals surface area (Å²) in [4.78, 5) is 0. The Balaban J connectivity index is 0.000000141. The highest BCUT2D eigenvalue weighted by Gasteiger charge is 1.89. The molecule has 0 aromatic heterocycles. The summed E-state index contributed by atoms with van der Waals surface area (Å²) in [5.74, 6) is 0.285. The fraction of sp³-hybridized carbons (Fsp3) is 0.125. The van der Waals surface area contributed by atoms with E-state index in [2.05, 4.69) is 64.5 Å². The number of phenolic OH excluding ortho intramolecular Hbond substituents is 1. The zero-order valence-corrected chi connectivity index (χ0v) is 11.8. The van der Waals surface area contributed by atoms with Crippen LogP contribution in [-0.2, 0) is 0 Å². The lowest BCUT2D eigenvalue weighted by Gasteiger charge is -1.90. The van der Waals surface area contributed by atoms with Crippen LogP contribution in [0.4, 0.5) is 0 Å². The van der Waals surface area contributed by atoms with Gasteiger partial charge in [0.15, 0.2) is 0 Å². The van der Waals surface area contributed by atoms with E-state index in [4.69, 9.17) is 5.11 Å². The fourth-order valence-electron chi connectivity index (χ4n) is 1.24. The Kier molecular flexibility index (Phi) is 7.65. The van der Waals surface area contributed by atoms with Crippen molar-refractivity contribution in [3.63, 3.8) is 0 Å². The Morgan fingerprint density at radius 1 is 0.778 bits per heavy atom. The SMILES string of the molecule is C1=CCC=C1.C1=CCC=C1.Oc1ccccc1Br. The van der Waals surface area contributed by atoms with Gasteiger partial charge < -0.3 is 5.11 Å². The van der Waals surface area contributed by atoms with Crippen LogP contribution < -0.4 is 0 Å². The Bertz CT molecular complexity index is 393. The number of halogens is 1. The first-order valence-electron chi connectivity index (χ1n) is 5.87. The van der Waals surface area contributed by atoms with Gasteiger partial charge in [-0.15, -0.1) is 0 Å². The number of hydrogen-bond acceptors (Lipinski definition) is 1. The molecule has 0 spiro atoms. The average molecular weight is 305 g/mol. The molecule has 0 bridgehead atoms. The maximum Gasteiger partial charge on any atom is 0.129 e. The zero-order valence-electron chi connectivity index (χ0n) is 10.2. The van der Waals surface area contributed by atoms with E-state index in [1.807, 2.05) is 6.07 Å². The highest BCUT2D eigenvalue weighted by molar-refractivity contribution is 9.10. The number of benzene rings is 1. The van der Waals surface area contributed by atoms with E-state index >= 15 is 0 Å². The van der Waals surface area contributed by atoms with Crippen molar-refractivity contribution in [2.45, 2.75) is 12.8 Å². The standard InChI is InChI=1S/C6H5BrO.2C5H6/c7-5-3-1-2-4-6(5)8;2*1-2-4-5-3-1/h1-4,8H;2*1-4H,5H2. The maximum absolute atomic E-state index is 8.87. The number of rotatable bonds is 0. The third-order valence-electron chi connectivity index (χ3n) is 2.16. The van der Waals surface area contributed by atoms with Crippen LogP contribution in [0.2, 0.25) is 0 Å². The molecule has 3 rings (SSSR count). The van der Waals surface area contributed by atoms with E-state index in [1.54, 1.807) is 18.2 Å². The molecule has 0 amide bonds. The highest BCUT2D eigenvalue weighted by atomic mass is 79.9. The number of aromatic hydroxyl groups is 1. The molecular formula is C16H17BrO. The Morgan fingerprint density at radius 3 is 1.44 bits per heavy atom. The molecule has 1 N–H and O–H groups in total. The van der Waals surface area contributed by atoms with Crippen LogP contribution in [0.5, 0.6) is 5.75 Å². The second kappa shape index (κ2) is 9.49. The van der Waals surface area contributed by atoms with Gasteiger partial charge in [0, 0.05) is 0 Å². The molecule has 1 nitrogen and oxygen atoms in total. The summed E-state index contributed by atoms with van der Waals surface area (Å²) in [6, 6.07) is 7.04. The lowest BCUT2D eigenvalue weighted by Crippen LogP contribution is -1.63. The number of para-hydroxylation sites is 1. The first-order valence-corrected chi connectivity index (χ1v) is 6.67. The molecule has 2 aliphatic carbocycles. The normalized spacial score (nSPS) is 13.8. The van der Waals surface area contributed by atoms with Crippen molar-refractivity contribution in [2.75, 3.05) is 0 Å². The largest absolute Gasteiger partial charge is 0.507 e. The second-order valence-electron chi connectivity index (χ2n) is 3.64. The summed E-state index contributed by atoms with van der Waals surface area (Å²) in [5, 5.41) is 8.87. The number of hydrogen-bond donors (Lipinski definition) is 1. The molecule has 0 fully saturated rings. The van der Waals surface area contributed by atoms with Gasteiger partial charge in [0.1, 0.15) is 5.75 Å². The maximum atomic E-state index is 8.87. The Morgan fingerprint density at radius 2 is 1.22 bits per heavy atom. The monoisotopic (exact) mass is 304 g/mol. The van der Waals surface area contributed by atoms with Gasteiger partial charge in [0.25, 0.3) is 0 Å². The van der Waals surface area contributed by atoms with E-state index in [9.17, 15) is 0 Å². The first-order chi connectivity index (χ1) is 8.80. The van der Waals surface area contributed by atoms with Gasteiger partial charge in [-0.3, -0.25) is 0 Å².